The van der Waals surface area contributed by atoms with Gasteiger partial charge in [0, 0.05) is 25.0 Å². The van der Waals surface area contributed by atoms with E-state index < -0.39 is 0 Å². The number of nitrogens with zero attached hydrogens (tertiary/aromatic N) is 4. The molecule has 2 aromatic heterocycles. The molecular weight excluding hydrogens is 375 g/mol. The monoisotopic (exact) mass is 388 g/mol. The van der Waals surface area contributed by atoms with Gasteiger partial charge < -0.3 is 4.90 Å². The predicted molar refractivity (Wildman–Crippen MR) is 90.2 cm³/mol. The highest BCUT2D eigenvalue weighted by atomic mass is 79.9. The van der Waals surface area contributed by atoms with Crippen LogP contribution in [0.3, 0.4) is 0 Å². The standard InChI is InChI=1S/C17H14BrFN4O/c1-10-14-6-13(19)3-2-11(14)4-5-22(10)17(24)15-7-16-20-8-12(18)9-23(16)21-15/h2-3,6-10H,4-5H2,1H3. The highest BCUT2D eigenvalue weighted by Crippen LogP contribution is 2.31. The molecule has 5 nitrogen and oxygen atoms in total. The normalized spacial score (nSPS) is 17.1. The van der Waals surface area contributed by atoms with E-state index in [0.29, 0.717) is 24.3 Å². The van der Waals surface area contributed by atoms with E-state index in [1.165, 1.54) is 12.1 Å². The number of carbonyl (C=O) groups is 1. The van der Waals surface area contributed by atoms with Crippen molar-refractivity contribution in [2.24, 2.45) is 0 Å². The molecule has 1 aliphatic rings. The molecule has 0 fully saturated rings. The van der Waals surface area contributed by atoms with Gasteiger partial charge in [0.25, 0.3) is 5.91 Å². The van der Waals surface area contributed by atoms with Crippen molar-refractivity contribution in [3.63, 3.8) is 0 Å². The van der Waals surface area contributed by atoms with Crippen LogP contribution in [0.5, 0.6) is 0 Å². The van der Waals surface area contributed by atoms with Gasteiger partial charge in [-0.3, -0.25) is 4.79 Å². The minimum Gasteiger partial charge on any atom is -0.330 e. The Morgan fingerprint density at radius 2 is 2.21 bits per heavy atom. The van der Waals surface area contributed by atoms with Crippen LogP contribution in [0.1, 0.15) is 34.6 Å². The van der Waals surface area contributed by atoms with E-state index in [4.69, 9.17) is 0 Å². The zero-order valence-electron chi connectivity index (χ0n) is 12.9. The third-order valence-electron chi connectivity index (χ3n) is 4.41. The molecule has 1 aliphatic heterocycles. The molecule has 3 aromatic rings. The van der Waals surface area contributed by atoms with Gasteiger partial charge in [-0.15, -0.1) is 0 Å². The molecular formula is C17H14BrFN4O. The maximum Gasteiger partial charge on any atom is 0.274 e. The van der Waals surface area contributed by atoms with Crippen molar-refractivity contribution in [1.29, 1.82) is 0 Å². The molecule has 0 N–H and O–H groups in total. The van der Waals surface area contributed by atoms with Gasteiger partial charge in [0.1, 0.15) is 5.82 Å². The molecule has 1 unspecified atom stereocenters. The number of rotatable bonds is 1. The van der Waals surface area contributed by atoms with Gasteiger partial charge >= 0.3 is 0 Å². The quantitative estimate of drug-likeness (QED) is 0.641. The Bertz CT molecular complexity index is 955. The molecule has 4 rings (SSSR count). The summed E-state index contributed by atoms with van der Waals surface area (Å²) >= 11 is 3.34. The number of hydrogen-bond donors (Lipinski definition) is 0. The Labute approximate surface area is 146 Å². The molecule has 0 spiro atoms. The molecule has 7 heteroatoms. The van der Waals surface area contributed by atoms with Crippen molar-refractivity contribution in [1.82, 2.24) is 19.5 Å². The molecule has 0 bridgehead atoms. The fraction of sp³-hybridized carbons (Fsp3) is 0.235. The summed E-state index contributed by atoms with van der Waals surface area (Å²) in [4.78, 5) is 18.8. The van der Waals surface area contributed by atoms with Crippen molar-refractivity contribution >= 4 is 27.5 Å². The van der Waals surface area contributed by atoms with Crippen molar-refractivity contribution in [2.75, 3.05) is 6.54 Å². The van der Waals surface area contributed by atoms with Crippen molar-refractivity contribution in [3.05, 3.63) is 63.8 Å². The fourth-order valence-corrected chi connectivity index (χ4v) is 3.46. The molecule has 0 saturated carbocycles. The van der Waals surface area contributed by atoms with Crippen LogP contribution >= 0.6 is 15.9 Å². The van der Waals surface area contributed by atoms with Crippen molar-refractivity contribution in [2.45, 2.75) is 19.4 Å². The molecule has 1 atom stereocenters. The van der Waals surface area contributed by atoms with E-state index in [1.54, 1.807) is 33.9 Å². The van der Waals surface area contributed by atoms with Crippen molar-refractivity contribution < 1.29 is 9.18 Å². The van der Waals surface area contributed by atoms with Crippen LogP contribution in [0.2, 0.25) is 0 Å². The van der Waals surface area contributed by atoms with Crippen LogP contribution in [-0.4, -0.2) is 31.9 Å². The SMILES string of the molecule is CC1c2cc(F)ccc2CCN1C(=O)c1cc2ncc(Br)cn2n1. The topological polar surface area (TPSA) is 50.5 Å². The molecule has 1 aromatic carbocycles. The largest absolute Gasteiger partial charge is 0.330 e. The number of hydrogen-bond acceptors (Lipinski definition) is 3. The summed E-state index contributed by atoms with van der Waals surface area (Å²) in [6.45, 7) is 2.50. The highest BCUT2D eigenvalue weighted by Gasteiger charge is 2.30. The second-order valence-corrected chi connectivity index (χ2v) is 6.79. The summed E-state index contributed by atoms with van der Waals surface area (Å²) in [5.74, 6) is -0.448. The van der Waals surface area contributed by atoms with Crippen LogP contribution < -0.4 is 0 Å². The Morgan fingerprint density at radius 1 is 1.38 bits per heavy atom. The molecule has 0 aliphatic carbocycles. The van der Waals surface area contributed by atoms with E-state index in [9.17, 15) is 9.18 Å². The molecule has 122 valence electrons. The predicted octanol–water partition coefficient (Wildman–Crippen LogP) is 3.39. The van der Waals surface area contributed by atoms with Gasteiger partial charge in [-0.1, -0.05) is 6.07 Å². The van der Waals surface area contributed by atoms with E-state index in [1.807, 2.05) is 6.92 Å². The number of benzene rings is 1. The van der Waals surface area contributed by atoms with Crippen molar-refractivity contribution in [3.8, 4) is 0 Å². The smallest absolute Gasteiger partial charge is 0.274 e. The molecule has 3 heterocycles. The van der Waals surface area contributed by atoms with Gasteiger partial charge in [0.05, 0.1) is 10.5 Å². The van der Waals surface area contributed by atoms with Gasteiger partial charge in [0.2, 0.25) is 0 Å². The first-order valence-corrected chi connectivity index (χ1v) is 8.42. The third kappa shape index (κ3) is 2.49. The minimum absolute atomic E-state index is 0.168. The summed E-state index contributed by atoms with van der Waals surface area (Å²) in [6.07, 6.45) is 4.13. The number of halogens is 2. The Balaban J connectivity index is 1.68. The highest BCUT2D eigenvalue weighted by molar-refractivity contribution is 9.10. The molecule has 0 radical (unpaired) electrons. The Hall–Kier alpha value is -2.28. The van der Waals surface area contributed by atoms with Gasteiger partial charge in [0.15, 0.2) is 11.3 Å². The number of amides is 1. The van der Waals surface area contributed by atoms with Crippen LogP contribution in [-0.2, 0) is 6.42 Å². The first-order chi connectivity index (χ1) is 11.5. The molecule has 24 heavy (non-hydrogen) atoms. The molecule has 1 amide bonds. The number of aromatic nitrogens is 3. The van der Waals surface area contributed by atoms with E-state index >= 15 is 0 Å². The van der Waals surface area contributed by atoms with Crippen LogP contribution in [0.25, 0.3) is 5.65 Å². The lowest BCUT2D eigenvalue weighted by atomic mass is 9.93. The zero-order valence-corrected chi connectivity index (χ0v) is 14.5. The summed E-state index contributed by atoms with van der Waals surface area (Å²) in [5.41, 5.74) is 2.90. The van der Waals surface area contributed by atoms with Gasteiger partial charge in [-0.2, -0.15) is 5.10 Å². The summed E-state index contributed by atoms with van der Waals surface area (Å²) in [7, 11) is 0. The number of fused-ring (bicyclic) bond motifs is 2. The average molecular weight is 389 g/mol. The lowest BCUT2D eigenvalue weighted by molar-refractivity contribution is 0.0671. The van der Waals surface area contributed by atoms with E-state index in [2.05, 4.69) is 26.0 Å². The summed E-state index contributed by atoms with van der Waals surface area (Å²) in [5, 5.41) is 4.32. The van der Waals surface area contributed by atoms with Crippen LogP contribution in [0.15, 0.2) is 41.1 Å². The lowest BCUT2D eigenvalue weighted by Gasteiger charge is -2.34. The Morgan fingerprint density at radius 3 is 3.04 bits per heavy atom. The van der Waals surface area contributed by atoms with E-state index in [-0.39, 0.29) is 17.8 Å². The average Bonchev–Trinajstić information content (AvgIpc) is 2.98. The third-order valence-corrected chi connectivity index (χ3v) is 4.82. The second kappa shape index (κ2) is 5.66. The van der Waals surface area contributed by atoms with Crippen LogP contribution in [0.4, 0.5) is 4.39 Å². The lowest BCUT2D eigenvalue weighted by Crippen LogP contribution is -2.39. The van der Waals surface area contributed by atoms with E-state index in [0.717, 1.165) is 15.6 Å². The maximum atomic E-state index is 13.6. The van der Waals surface area contributed by atoms with Gasteiger partial charge in [-0.25, -0.2) is 13.9 Å². The zero-order chi connectivity index (χ0) is 16.8. The first kappa shape index (κ1) is 15.3. The van der Waals surface area contributed by atoms with Gasteiger partial charge in [-0.05, 0) is 52.5 Å². The second-order valence-electron chi connectivity index (χ2n) is 5.87. The summed E-state index contributed by atoms with van der Waals surface area (Å²) in [6, 6.07) is 6.26. The first-order valence-electron chi connectivity index (χ1n) is 7.63. The fourth-order valence-electron chi connectivity index (χ4n) is 3.17. The summed E-state index contributed by atoms with van der Waals surface area (Å²) < 4.78 is 15.9. The molecule has 0 saturated heterocycles. The number of carbonyl (C=O) groups excluding carboxylic acids is 1. The van der Waals surface area contributed by atoms with Crippen LogP contribution in [0, 0.1) is 5.82 Å². The maximum absolute atomic E-state index is 13.6. The minimum atomic E-state index is -0.281. The Kier molecular flexibility index (Phi) is 3.60.